The Morgan fingerprint density at radius 2 is 2.00 bits per heavy atom. The molecular formula is C19H17N2O4+. The van der Waals surface area contributed by atoms with Gasteiger partial charge in [0.2, 0.25) is 5.52 Å². The molecule has 0 atom stereocenters. The second kappa shape index (κ2) is 5.98. The van der Waals surface area contributed by atoms with E-state index in [2.05, 4.69) is 10.3 Å². The van der Waals surface area contributed by atoms with Crippen LogP contribution in [0.15, 0.2) is 51.3 Å². The largest absolute Gasteiger partial charge is 0.497 e. The van der Waals surface area contributed by atoms with Crippen molar-refractivity contribution in [3.63, 3.8) is 0 Å². The minimum absolute atomic E-state index is 0.247. The van der Waals surface area contributed by atoms with E-state index in [1.807, 2.05) is 43.3 Å². The van der Waals surface area contributed by atoms with E-state index in [1.165, 1.54) is 0 Å². The number of nitrogens with one attached hydrogen (secondary N) is 2. The van der Waals surface area contributed by atoms with Gasteiger partial charge in [-0.2, -0.15) is 4.98 Å². The van der Waals surface area contributed by atoms with Gasteiger partial charge in [0, 0.05) is 12.1 Å². The van der Waals surface area contributed by atoms with Crippen LogP contribution >= 0.6 is 0 Å². The summed E-state index contributed by atoms with van der Waals surface area (Å²) in [6, 6.07) is 13.1. The van der Waals surface area contributed by atoms with Crippen molar-refractivity contribution in [2.24, 2.45) is 0 Å². The summed E-state index contributed by atoms with van der Waals surface area (Å²) < 4.78 is 16.3. The number of aromatic amines is 1. The van der Waals surface area contributed by atoms with E-state index in [9.17, 15) is 4.79 Å². The summed E-state index contributed by atoms with van der Waals surface area (Å²) in [5.74, 6) is 2.24. The van der Waals surface area contributed by atoms with Crippen LogP contribution < -0.4 is 15.0 Å². The number of H-pyrrole nitrogens is 1. The van der Waals surface area contributed by atoms with Gasteiger partial charge in [-0.1, -0.05) is 0 Å². The molecule has 0 aliphatic rings. The minimum Gasteiger partial charge on any atom is -0.497 e. The molecule has 3 aromatic heterocycles. The molecule has 1 aromatic carbocycles. The van der Waals surface area contributed by atoms with Gasteiger partial charge in [0.15, 0.2) is 5.76 Å². The van der Waals surface area contributed by atoms with E-state index in [0.29, 0.717) is 18.0 Å². The van der Waals surface area contributed by atoms with E-state index in [0.717, 1.165) is 27.8 Å². The first kappa shape index (κ1) is 15.3. The predicted octanol–water partition coefficient (Wildman–Crippen LogP) is 3.24. The third-order valence-electron chi connectivity index (χ3n) is 4.02. The number of fused-ring (bicyclic) bond motifs is 2. The second-order valence-corrected chi connectivity index (χ2v) is 5.81. The lowest BCUT2D eigenvalue weighted by Crippen LogP contribution is -2.21. The average molecular weight is 337 g/mol. The van der Waals surface area contributed by atoms with Crippen LogP contribution in [0.25, 0.3) is 22.0 Å². The molecule has 4 aromatic rings. The van der Waals surface area contributed by atoms with Crippen molar-refractivity contribution in [2.45, 2.75) is 13.5 Å². The van der Waals surface area contributed by atoms with E-state index in [4.69, 9.17) is 13.6 Å². The molecule has 0 radical (unpaired) electrons. The van der Waals surface area contributed by atoms with Gasteiger partial charge in [0.1, 0.15) is 17.3 Å². The summed E-state index contributed by atoms with van der Waals surface area (Å²) in [5.41, 5.74) is 1.46. The second-order valence-electron chi connectivity index (χ2n) is 5.81. The molecule has 0 aliphatic heterocycles. The Hall–Kier alpha value is -3.28. The van der Waals surface area contributed by atoms with Crippen LogP contribution in [0.1, 0.15) is 22.1 Å². The summed E-state index contributed by atoms with van der Waals surface area (Å²) in [6.07, 6.45) is 0. The fourth-order valence-corrected chi connectivity index (χ4v) is 2.75. The van der Waals surface area contributed by atoms with Crippen LogP contribution in [0.2, 0.25) is 0 Å². The number of carbonyl (C=O) groups is 1. The quantitative estimate of drug-likeness (QED) is 0.620. The van der Waals surface area contributed by atoms with Crippen molar-refractivity contribution in [1.82, 2.24) is 5.32 Å². The zero-order valence-corrected chi connectivity index (χ0v) is 13.9. The van der Waals surface area contributed by atoms with Crippen molar-refractivity contribution in [3.05, 3.63) is 59.7 Å². The summed E-state index contributed by atoms with van der Waals surface area (Å²) in [5, 5.41) is 4.59. The molecule has 0 spiro atoms. The molecule has 25 heavy (non-hydrogen) atoms. The number of rotatable bonds is 4. The lowest BCUT2D eigenvalue weighted by Gasteiger charge is -1.99. The highest BCUT2D eigenvalue weighted by Crippen LogP contribution is 2.23. The number of hydrogen-bond donors (Lipinski definition) is 1. The minimum atomic E-state index is -0.291. The fraction of sp³-hybridized carbons (Fsp3) is 0.158. The highest BCUT2D eigenvalue weighted by Gasteiger charge is 2.17. The molecule has 0 bridgehead atoms. The first-order valence-electron chi connectivity index (χ1n) is 7.89. The first-order chi connectivity index (χ1) is 12.1. The number of hydrogen-bond acceptors (Lipinski definition) is 4. The van der Waals surface area contributed by atoms with Crippen molar-refractivity contribution >= 4 is 27.9 Å². The molecule has 6 nitrogen and oxygen atoms in total. The van der Waals surface area contributed by atoms with Crippen molar-refractivity contribution in [2.75, 3.05) is 7.11 Å². The number of pyridine rings is 1. The number of amides is 1. The Labute approximate surface area is 143 Å². The zero-order valence-electron chi connectivity index (χ0n) is 13.9. The van der Waals surface area contributed by atoms with Crippen LogP contribution in [-0.2, 0) is 6.54 Å². The Kier molecular flexibility index (Phi) is 3.65. The molecule has 0 saturated carbocycles. The molecule has 2 N–H and O–H groups in total. The number of furan rings is 2. The number of aryl methyl sites for hydroxylation is 1. The Bertz CT molecular complexity index is 1080. The fourth-order valence-electron chi connectivity index (χ4n) is 2.75. The molecule has 6 heteroatoms. The van der Waals surface area contributed by atoms with Crippen LogP contribution in [0.4, 0.5) is 0 Å². The van der Waals surface area contributed by atoms with Crippen LogP contribution in [0.5, 0.6) is 5.75 Å². The van der Waals surface area contributed by atoms with Gasteiger partial charge < -0.3 is 18.9 Å². The molecular weight excluding hydrogens is 320 g/mol. The first-order valence-corrected chi connectivity index (χ1v) is 7.89. The van der Waals surface area contributed by atoms with Gasteiger partial charge in [-0.15, -0.1) is 0 Å². The highest BCUT2D eigenvalue weighted by molar-refractivity contribution is 5.96. The number of aromatic nitrogens is 1. The molecule has 0 unspecified atom stereocenters. The Balaban J connectivity index is 1.61. The van der Waals surface area contributed by atoms with Gasteiger partial charge >= 0.3 is 5.71 Å². The maximum absolute atomic E-state index is 12.3. The Morgan fingerprint density at radius 3 is 2.76 bits per heavy atom. The van der Waals surface area contributed by atoms with Crippen LogP contribution in [-0.4, -0.2) is 13.0 Å². The molecule has 0 saturated heterocycles. The molecule has 4 rings (SSSR count). The maximum atomic E-state index is 12.3. The molecule has 0 aliphatic carbocycles. The summed E-state index contributed by atoms with van der Waals surface area (Å²) in [6.45, 7) is 2.17. The summed E-state index contributed by atoms with van der Waals surface area (Å²) in [4.78, 5) is 15.5. The van der Waals surface area contributed by atoms with E-state index < -0.39 is 0 Å². The van der Waals surface area contributed by atoms with E-state index in [-0.39, 0.29) is 11.7 Å². The molecule has 126 valence electrons. The molecule has 3 heterocycles. The number of carbonyl (C=O) groups excluding carboxylic acids is 1. The normalized spacial score (nSPS) is 11.1. The van der Waals surface area contributed by atoms with Gasteiger partial charge in [-0.25, -0.2) is 0 Å². The number of ether oxygens (including phenoxy) is 1. The van der Waals surface area contributed by atoms with Crippen molar-refractivity contribution in [3.8, 4) is 5.75 Å². The SMILES string of the molecule is COc1ccc2[nH+]c3oc(C(=O)NCc4ccc(C)o4)cc3cc2c1. The summed E-state index contributed by atoms with van der Waals surface area (Å²) >= 11 is 0. The van der Waals surface area contributed by atoms with E-state index >= 15 is 0 Å². The smallest absolute Gasteiger partial charge is 0.379 e. The lowest BCUT2D eigenvalue weighted by molar-refractivity contribution is -0.322. The highest BCUT2D eigenvalue weighted by atomic mass is 16.5. The van der Waals surface area contributed by atoms with E-state index in [1.54, 1.807) is 13.2 Å². The third-order valence-corrected chi connectivity index (χ3v) is 4.02. The third kappa shape index (κ3) is 2.94. The maximum Gasteiger partial charge on any atom is 0.379 e. The topological polar surface area (TPSA) is 78.8 Å². The van der Waals surface area contributed by atoms with Gasteiger partial charge in [0.25, 0.3) is 5.91 Å². The van der Waals surface area contributed by atoms with Gasteiger partial charge in [0.05, 0.1) is 24.4 Å². The van der Waals surface area contributed by atoms with Crippen LogP contribution in [0, 0.1) is 6.92 Å². The van der Waals surface area contributed by atoms with Crippen molar-refractivity contribution in [1.29, 1.82) is 0 Å². The monoisotopic (exact) mass is 337 g/mol. The Morgan fingerprint density at radius 1 is 1.12 bits per heavy atom. The number of methoxy groups -OCH3 is 1. The van der Waals surface area contributed by atoms with Crippen LogP contribution in [0.3, 0.4) is 0 Å². The van der Waals surface area contributed by atoms with Crippen molar-refractivity contribution < 1.29 is 23.3 Å². The van der Waals surface area contributed by atoms with Gasteiger partial charge in [-0.3, -0.25) is 4.79 Å². The molecule has 0 fully saturated rings. The van der Waals surface area contributed by atoms with Gasteiger partial charge in [-0.05, 0) is 37.3 Å². The average Bonchev–Trinajstić information content (AvgIpc) is 3.22. The predicted molar refractivity (Wildman–Crippen MR) is 91.4 cm³/mol. The standard InChI is InChI=1S/C19H16N2O4/c1-11-3-4-15(24-11)10-20-18(22)17-9-13-7-12-8-14(23-2)5-6-16(12)21-19(13)25-17/h3-9H,10H2,1-2H3,(H,20,22)/p+1. The zero-order chi connectivity index (χ0) is 17.4. The lowest BCUT2D eigenvalue weighted by atomic mass is 10.2. The molecule has 1 amide bonds. The number of benzene rings is 1. The summed E-state index contributed by atoms with van der Waals surface area (Å²) in [7, 11) is 1.63.